The lowest BCUT2D eigenvalue weighted by Crippen LogP contribution is -2.23. The van der Waals surface area contributed by atoms with E-state index in [9.17, 15) is 14.7 Å². The van der Waals surface area contributed by atoms with Crippen LogP contribution in [0.25, 0.3) is 0 Å². The number of aryl methyl sites for hydroxylation is 1. The van der Waals surface area contributed by atoms with E-state index in [-0.39, 0.29) is 11.5 Å². The average Bonchev–Trinajstić information content (AvgIpc) is 2.28. The molecule has 2 N–H and O–H groups in total. The Morgan fingerprint density at radius 2 is 2.00 bits per heavy atom. The summed E-state index contributed by atoms with van der Waals surface area (Å²) in [5, 5.41) is 9.21. The zero-order valence-corrected chi connectivity index (χ0v) is 9.82. The Labute approximate surface area is 98.9 Å². The Bertz CT molecular complexity index is 487. The highest BCUT2D eigenvalue weighted by Gasteiger charge is 2.25. The summed E-state index contributed by atoms with van der Waals surface area (Å²) in [5.74, 6) is -0.886. The minimum absolute atomic E-state index is 0.121. The number of aromatic carboxylic acids is 1. The molecule has 0 aromatic carbocycles. The second kappa shape index (κ2) is 4.69. The van der Waals surface area contributed by atoms with Gasteiger partial charge < -0.3 is 10.1 Å². The maximum absolute atomic E-state index is 11.4. The van der Waals surface area contributed by atoms with Crippen LogP contribution in [0.3, 0.4) is 0 Å². The molecule has 92 valence electrons. The van der Waals surface area contributed by atoms with E-state index in [1.807, 2.05) is 0 Å². The van der Waals surface area contributed by atoms with Crippen molar-refractivity contribution in [2.45, 2.75) is 44.9 Å². The fourth-order valence-electron chi connectivity index (χ4n) is 2.55. The molecule has 0 unspecified atom stereocenters. The van der Waals surface area contributed by atoms with Gasteiger partial charge in [-0.05, 0) is 19.8 Å². The molecule has 0 amide bonds. The largest absolute Gasteiger partial charge is 0.478 e. The summed E-state index contributed by atoms with van der Waals surface area (Å²) in [6, 6.07) is 0. The highest BCUT2D eigenvalue weighted by atomic mass is 16.4. The van der Waals surface area contributed by atoms with E-state index in [4.69, 9.17) is 0 Å². The first-order chi connectivity index (χ1) is 8.09. The van der Waals surface area contributed by atoms with Crippen molar-refractivity contribution in [3.05, 3.63) is 27.4 Å². The van der Waals surface area contributed by atoms with Crippen molar-refractivity contribution in [1.29, 1.82) is 0 Å². The molecule has 0 saturated heterocycles. The third-order valence-electron chi connectivity index (χ3n) is 3.35. The highest BCUT2D eigenvalue weighted by Crippen LogP contribution is 2.33. The van der Waals surface area contributed by atoms with Crippen molar-refractivity contribution in [2.75, 3.05) is 0 Å². The van der Waals surface area contributed by atoms with Gasteiger partial charge in [-0.2, -0.15) is 4.98 Å². The first kappa shape index (κ1) is 11.8. The third-order valence-corrected chi connectivity index (χ3v) is 3.35. The van der Waals surface area contributed by atoms with Crippen molar-refractivity contribution in [2.24, 2.45) is 0 Å². The molecule has 1 fully saturated rings. The standard InChI is InChI=1S/C12H16N2O3/c1-7-9(11(15)16)10(14-12(17)13-7)8-5-3-2-4-6-8/h8H,2-6H2,1H3,(H,15,16)(H,13,14,17). The van der Waals surface area contributed by atoms with Crippen LogP contribution in [0, 0.1) is 6.92 Å². The number of aromatic nitrogens is 2. The topological polar surface area (TPSA) is 83.0 Å². The van der Waals surface area contributed by atoms with E-state index in [0.717, 1.165) is 25.7 Å². The maximum Gasteiger partial charge on any atom is 0.345 e. The molecule has 17 heavy (non-hydrogen) atoms. The zero-order chi connectivity index (χ0) is 12.4. The van der Waals surface area contributed by atoms with Gasteiger partial charge in [0.25, 0.3) is 0 Å². The lowest BCUT2D eigenvalue weighted by molar-refractivity contribution is 0.0692. The number of carboxylic acids is 1. The predicted molar refractivity (Wildman–Crippen MR) is 62.4 cm³/mol. The summed E-state index contributed by atoms with van der Waals surface area (Å²) >= 11 is 0. The van der Waals surface area contributed by atoms with Crippen LogP contribution < -0.4 is 5.69 Å². The van der Waals surface area contributed by atoms with Gasteiger partial charge in [0, 0.05) is 11.6 Å². The Morgan fingerprint density at radius 1 is 1.35 bits per heavy atom. The summed E-state index contributed by atoms with van der Waals surface area (Å²) in [5.41, 5.74) is 0.598. The van der Waals surface area contributed by atoms with Crippen LogP contribution in [0.5, 0.6) is 0 Å². The van der Waals surface area contributed by atoms with Crippen molar-refractivity contribution in [1.82, 2.24) is 9.97 Å². The number of H-pyrrole nitrogens is 1. The van der Waals surface area contributed by atoms with E-state index in [1.165, 1.54) is 6.42 Å². The fraction of sp³-hybridized carbons (Fsp3) is 0.583. The molecule has 1 aliphatic rings. The summed E-state index contributed by atoms with van der Waals surface area (Å²) in [6.07, 6.45) is 5.20. The van der Waals surface area contributed by atoms with Crippen molar-refractivity contribution < 1.29 is 9.90 Å². The smallest absolute Gasteiger partial charge is 0.345 e. The minimum atomic E-state index is -1.01. The van der Waals surface area contributed by atoms with E-state index < -0.39 is 11.7 Å². The Hall–Kier alpha value is -1.65. The number of hydrogen-bond donors (Lipinski definition) is 2. The molecule has 0 radical (unpaired) electrons. The lowest BCUT2D eigenvalue weighted by atomic mass is 9.85. The van der Waals surface area contributed by atoms with Gasteiger partial charge in [0.1, 0.15) is 5.56 Å². The van der Waals surface area contributed by atoms with Crippen LogP contribution in [0.4, 0.5) is 0 Å². The Morgan fingerprint density at radius 3 is 2.59 bits per heavy atom. The first-order valence-electron chi connectivity index (χ1n) is 5.93. The molecule has 0 spiro atoms. The van der Waals surface area contributed by atoms with Gasteiger partial charge >= 0.3 is 11.7 Å². The van der Waals surface area contributed by atoms with E-state index in [0.29, 0.717) is 11.4 Å². The van der Waals surface area contributed by atoms with Crippen LogP contribution in [0.2, 0.25) is 0 Å². The molecule has 0 aliphatic heterocycles. The van der Waals surface area contributed by atoms with Crippen molar-refractivity contribution >= 4 is 5.97 Å². The van der Waals surface area contributed by atoms with E-state index in [1.54, 1.807) is 6.92 Å². The second-order valence-corrected chi connectivity index (χ2v) is 4.57. The number of nitrogens with one attached hydrogen (secondary N) is 1. The van der Waals surface area contributed by atoms with Gasteiger partial charge in [-0.1, -0.05) is 19.3 Å². The van der Waals surface area contributed by atoms with Gasteiger partial charge in [0.2, 0.25) is 0 Å². The van der Waals surface area contributed by atoms with Crippen molar-refractivity contribution in [3.63, 3.8) is 0 Å². The molecule has 1 heterocycles. The van der Waals surface area contributed by atoms with Gasteiger partial charge in [0.15, 0.2) is 0 Å². The van der Waals surface area contributed by atoms with Gasteiger partial charge in [0.05, 0.1) is 5.69 Å². The molecular weight excluding hydrogens is 220 g/mol. The lowest BCUT2D eigenvalue weighted by Gasteiger charge is -2.22. The van der Waals surface area contributed by atoms with Crippen molar-refractivity contribution in [3.8, 4) is 0 Å². The number of rotatable bonds is 2. The van der Waals surface area contributed by atoms with Gasteiger partial charge in [-0.3, -0.25) is 0 Å². The third kappa shape index (κ3) is 2.38. The Kier molecular flexibility index (Phi) is 3.26. The number of carboxylic acid groups (broad SMARTS) is 1. The molecule has 5 heteroatoms. The number of hydrogen-bond acceptors (Lipinski definition) is 3. The molecule has 1 saturated carbocycles. The van der Waals surface area contributed by atoms with Crippen LogP contribution in [0.1, 0.15) is 59.8 Å². The normalized spacial score (nSPS) is 17.0. The fourth-order valence-corrected chi connectivity index (χ4v) is 2.55. The molecule has 1 aromatic heterocycles. The van der Waals surface area contributed by atoms with Crippen LogP contribution >= 0.6 is 0 Å². The molecule has 0 bridgehead atoms. The molecule has 1 aliphatic carbocycles. The highest BCUT2D eigenvalue weighted by molar-refractivity contribution is 5.90. The Balaban J connectivity index is 2.50. The molecule has 1 aromatic rings. The summed E-state index contributed by atoms with van der Waals surface area (Å²) in [4.78, 5) is 28.9. The van der Waals surface area contributed by atoms with Crippen LogP contribution in [0.15, 0.2) is 4.79 Å². The zero-order valence-electron chi connectivity index (χ0n) is 9.82. The summed E-state index contributed by atoms with van der Waals surface area (Å²) in [7, 11) is 0. The average molecular weight is 236 g/mol. The molecule has 5 nitrogen and oxygen atoms in total. The first-order valence-corrected chi connectivity index (χ1v) is 5.93. The number of aromatic amines is 1. The number of nitrogens with zero attached hydrogens (tertiary/aromatic N) is 1. The predicted octanol–water partition coefficient (Wildman–Crippen LogP) is 1.82. The minimum Gasteiger partial charge on any atom is -0.478 e. The SMILES string of the molecule is Cc1[nH]c(=O)nc(C2CCCCC2)c1C(=O)O. The van der Waals surface area contributed by atoms with Crippen LogP contribution in [-0.2, 0) is 0 Å². The molecule has 2 rings (SSSR count). The number of carbonyl (C=O) groups is 1. The molecule has 0 atom stereocenters. The maximum atomic E-state index is 11.4. The van der Waals surface area contributed by atoms with Gasteiger partial charge in [-0.15, -0.1) is 0 Å². The van der Waals surface area contributed by atoms with Gasteiger partial charge in [-0.25, -0.2) is 9.59 Å². The summed E-state index contributed by atoms with van der Waals surface area (Å²) in [6.45, 7) is 1.61. The van der Waals surface area contributed by atoms with Crippen LogP contribution in [-0.4, -0.2) is 21.0 Å². The monoisotopic (exact) mass is 236 g/mol. The van der Waals surface area contributed by atoms with E-state index in [2.05, 4.69) is 9.97 Å². The second-order valence-electron chi connectivity index (χ2n) is 4.57. The van der Waals surface area contributed by atoms with E-state index >= 15 is 0 Å². The molecular formula is C12H16N2O3. The quantitative estimate of drug-likeness (QED) is 0.820. The summed E-state index contributed by atoms with van der Waals surface area (Å²) < 4.78 is 0.